The van der Waals surface area contributed by atoms with Crippen molar-refractivity contribution in [3.05, 3.63) is 0 Å². The number of hydrogen-bond donors (Lipinski definition) is 4. The molecule has 0 bridgehead atoms. The Morgan fingerprint density at radius 2 is 1.27 bits per heavy atom. The molecule has 2 aliphatic rings. The number of aliphatic hydroxyl groups excluding tert-OH is 3. The molecular formula is C27H54O6. The molecule has 8 unspecified atom stereocenters. The summed E-state index contributed by atoms with van der Waals surface area (Å²) in [5.74, 6) is 3.85. The highest BCUT2D eigenvalue weighted by Gasteiger charge is 2.33. The zero-order chi connectivity index (χ0) is 25.2. The predicted octanol–water partition coefficient (Wildman–Crippen LogP) is 4.02. The van der Waals surface area contributed by atoms with E-state index in [4.69, 9.17) is 19.7 Å². The fourth-order valence-corrected chi connectivity index (χ4v) is 5.23. The average Bonchev–Trinajstić information content (AvgIpc) is 2.76. The quantitative estimate of drug-likeness (QED) is 0.382. The van der Waals surface area contributed by atoms with Crippen LogP contribution in [0.25, 0.3) is 0 Å². The second-order valence-corrected chi connectivity index (χ2v) is 11.9. The van der Waals surface area contributed by atoms with Crippen molar-refractivity contribution in [3.8, 4) is 0 Å². The first kappa shape index (κ1) is 30.8. The number of rotatable bonds is 10. The smallest absolute Gasteiger partial charge is 0.108 e. The summed E-state index contributed by atoms with van der Waals surface area (Å²) in [5.41, 5.74) is -1.11. The van der Waals surface area contributed by atoms with E-state index in [-0.39, 0.29) is 38.6 Å². The van der Waals surface area contributed by atoms with E-state index in [0.717, 1.165) is 12.8 Å². The Kier molecular flexibility index (Phi) is 14.0. The van der Waals surface area contributed by atoms with Gasteiger partial charge in [0.05, 0.1) is 38.6 Å². The Morgan fingerprint density at radius 1 is 0.818 bits per heavy atom. The van der Waals surface area contributed by atoms with Crippen molar-refractivity contribution >= 4 is 0 Å². The minimum absolute atomic E-state index is 0.214. The minimum Gasteiger partial charge on any atom is -0.394 e. The second kappa shape index (κ2) is 15.0. The maximum Gasteiger partial charge on any atom is 0.108 e. The molecule has 2 aliphatic carbocycles. The lowest BCUT2D eigenvalue weighted by molar-refractivity contribution is -0.116. The molecule has 0 aliphatic heterocycles. The van der Waals surface area contributed by atoms with Gasteiger partial charge in [-0.25, -0.2) is 0 Å². The molecule has 4 N–H and O–H groups in total. The van der Waals surface area contributed by atoms with Crippen molar-refractivity contribution in [2.24, 2.45) is 35.5 Å². The third-order valence-electron chi connectivity index (χ3n) is 7.59. The molecule has 0 heterocycles. The van der Waals surface area contributed by atoms with Crippen LogP contribution in [0.15, 0.2) is 0 Å². The molecule has 0 radical (unpaired) electrons. The Morgan fingerprint density at radius 3 is 1.67 bits per heavy atom. The predicted molar refractivity (Wildman–Crippen MR) is 133 cm³/mol. The number of hydrogen-bond acceptors (Lipinski definition) is 6. The molecule has 0 spiro atoms. The number of aliphatic hydroxyl groups is 4. The van der Waals surface area contributed by atoms with E-state index in [1.54, 1.807) is 6.92 Å². The van der Waals surface area contributed by atoms with Crippen molar-refractivity contribution in [2.45, 2.75) is 111 Å². The molecule has 0 aromatic heterocycles. The van der Waals surface area contributed by atoms with E-state index in [1.807, 2.05) is 0 Å². The highest BCUT2D eigenvalue weighted by Crippen LogP contribution is 2.36. The van der Waals surface area contributed by atoms with Crippen molar-refractivity contribution in [1.82, 2.24) is 0 Å². The van der Waals surface area contributed by atoms with Crippen LogP contribution in [0.4, 0.5) is 0 Å². The van der Waals surface area contributed by atoms with Crippen LogP contribution in [-0.4, -0.2) is 70.8 Å². The molecule has 8 atom stereocenters. The molecule has 2 saturated carbocycles. The fraction of sp³-hybridized carbons (Fsp3) is 1.00. The molecule has 2 rings (SSSR count). The van der Waals surface area contributed by atoms with Crippen LogP contribution in [0.5, 0.6) is 0 Å². The highest BCUT2D eigenvalue weighted by molar-refractivity contribution is 4.83. The molecule has 198 valence electrons. The van der Waals surface area contributed by atoms with Crippen molar-refractivity contribution in [2.75, 3.05) is 26.4 Å². The summed E-state index contributed by atoms with van der Waals surface area (Å²) in [4.78, 5) is 0. The molecule has 33 heavy (non-hydrogen) atoms. The highest BCUT2D eigenvalue weighted by atomic mass is 16.5. The summed E-state index contributed by atoms with van der Waals surface area (Å²) >= 11 is 0. The zero-order valence-electron chi connectivity index (χ0n) is 22.4. The normalized spacial score (nSPS) is 33.4. The van der Waals surface area contributed by atoms with Gasteiger partial charge in [0.25, 0.3) is 0 Å². The summed E-state index contributed by atoms with van der Waals surface area (Å²) in [6.45, 7) is 15.1. The van der Waals surface area contributed by atoms with E-state index in [2.05, 4.69) is 41.5 Å². The van der Waals surface area contributed by atoms with Gasteiger partial charge in [-0.2, -0.15) is 0 Å². The Labute approximate surface area is 203 Å². The summed E-state index contributed by atoms with van der Waals surface area (Å²) in [7, 11) is 0. The lowest BCUT2D eigenvalue weighted by Crippen LogP contribution is -2.41. The van der Waals surface area contributed by atoms with Gasteiger partial charge in [-0.1, -0.05) is 54.4 Å². The maximum absolute atomic E-state index is 9.77. The van der Waals surface area contributed by atoms with Gasteiger partial charge in [-0.05, 0) is 68.1 Å². The largest absolute Gasteiger partial charge is 0.394 e. The topological polar surface area (TPSA) is 99.4 Å². The lowest BCUT2D eigenvalue weighted by atomic mass is 9.75. The molecule has 0 aromatic rings. The van der Waals surface area contributed by atoms with Crippen LogP contribution < -0.4 is 0 Å². The van der Waals surface area contributed by atoms with Gasteiger partial charge in [0.2, 0.25) is 0 Å². The molecule has 0 aromatic carbocycles. The first-order chi connectivity index (χ1) is 15.4. The lowest BCUT2D eigenvalue weighted by Gasteiger charge is -2.38. The van der Waals surface area contributed by atoms with Crippen LogP contribution in [-0.2, 0) is 9.47 Å². The van der Waals surface area contributed by atoms with Gasteiger partial charge in [-0.3, -0.25) is 0 Å². The third-order valence-corrected chi connectivity index (χ3v) is 7.59. The van der Waals surface area contributed by atoms with Gasteiger partial charge in [0.15, 0.2) is 0 Å². The van der Waals surface area contributed by atoms with E-state index >= 15 is 0 Å². The van der Waals surface area contributed by atoms with E-state index in [9.17, 15) is 10.2 Å². The van der Waals surface area contributed by atoms with Gasteiger partial charge >= 0.3 is 0 Å². The molecule has 0 amide bonds. The fourth-order valence-electron chi connectivity index (χ4n) is 5.23. The third kappa shape index (κ3) is 11.4. The summed E-state index contributed by atoms with van der Waals surface area (Å²) in [6.07, 6.45) is 6.91. The van der Waals surface area contributed by atoms with Crippen LogP contribution in [0.3, 0.4) is 0 Å². The Bertz CT molecular complexity index is 509. The summed E-state index contributed by atoms with van der Waals surface area (Å²) in [6, 6.07) is 0. The van der Waals surface area contributed by atoms with Gasteiger partial charge in [-0.15, -0.1) is 0 Å². The SMILES string of the molecule is CC1CCC(C(C)C)C(OCC(C)(O)CO)C1.CC1CCC(C(C)C)C(OCC(O)CO)C1. The average molecular weight is 475 g/mol. The Hall–Kier alpha value is -0.240. The van der Waals surface area contributed by atoms with Gasteiger partial charge in [0, 0.05) is 0 Å². The van der Waals surface area contributed by atoms with Crippen molar-refractivity contribution in [3.63, 3.8) is 0 Å². The molecule has 0 saturated heterocycles. The van der Waals surface area contributed by atoms with Crippen molar-refractivity contribution < 1.29 is 29.9 Å². The van der Waals surface area contributed by atoms with Crippen LogP contribution in [0.1, 0.15) is 87.0 Å². The maximum atomic E-state index is 9.77. The molecule has 2 fully saturated rings. The standard InChI is InChI=1S/C14H28O3.C13H26O3/c1-10(2)12-6-5-11(3)7-13(12)17-9-14(4,16)8-15;1-9(2)12-5-4-10(3)6-13(12)16-8-11(15)7-14/h10-13,15-16H,5-9H2,1-4H3;9-15H,4-8H2,1-3H3. The molecule has 6 nitrogen and oxygen atoms in total. The van der Waals surface area contributed by atoms with Crippen molar-refractivity contribution in [1.29, 1.82) is 0 Å². The Balaban J connectivity index is 0.000000331. The second-order valence-electron chi connectivity index (χ2n) is 11.9. The zero-order valence-corrected chi connectivity index (χ0v) is 22.4. The van der Waals surface area contributed by atoms with Crippen LogP contribution >= 0.6 is 0 Å². The summed E-state index contributed by atoms with van der Waals surface area (Å²) in [5, 5.41) is 36.9. The van der Waals surface area contributed by atoms with E-state index in [1.165, 1.54) is 25.7 Å². The number of ether oxygens (including phenoxy) is 2. The van der Waals surface area contributed by atoms with Gasteiger partial charge in [0.1, 0.15) is 11.7 Å². The molecular weight excluding hydrogens is 420 g/mol. The van der Waals surface area contributed by atoms with Crippen LogP contribution in [0.2, 0.25) is 0 Å². The van der Waals surface area contributed by atoms with E-state index in [0.29, 0.717) is 35.5 Å². The monoisotopic (exact) mass is 474 g/mol. The van der Waals surface area contributed by atoms with Crippen LogP contribution in [0, 0.1) is 35.5 Å². The van der Waals surface area contributed by atoms with Gasteiger partial charge < -0.3 is 29.9 Å². The first-order valence-electron chi connectivity index (χ1n) is 13.3. The summed E-state index contributed by atoms with van der Waals surface area (Å²) < 4.78 is 11.6. The minimum atomic E-state index is -1.11. The van der Waals surface area contributed by atoms with E-state index < -0.39 is 11.7 Å². The molecule has 6 heteroatoms. The first-order valence-corrected chi connectivity index (χ1v) is 13.3.